The van der Waals surface area contributed by atoms with E-state index in [9.17, 15) is 9.59 Å². The molecule has 0 saturated heterocycles. The fourth-order valence-electron chi connectivity index (χ4n) is 3.85. The SMILES string of the molecule is CCOC(=O)CCCCCCCN(CCCCCCCC(=O)OCC)Cc1ccccc1. The van der Waals surface area contributed by atoms with Crippen molar-refractivity contribution in [2.45, 2.75) is 97.4 Å². The first-order chi connectivity index (χ1) is 15.7. The van der Waals surface area contributed by atoms with Gasteiger partial charge in [-0.25, -0.2) is 0 Å². The van der Waals surface area contributed by atoms with Crippen LogP contribution >= 0.6 is 0 Å². The van der Waals surface area contributed by atoms with Crippen LogP contribution in [0.2, 0.25) is 0 Å². The first kappa shape index (κ1) is 28.2. The van der Waals surface area contributed by atoms with E-state index in [1.54, 1.807) is 0 Å². The van der Waals surface area contributed by atoms with Crippen LogP contribution in [0.25, 0.3) is 0 Å². The van der Waals surface area contributed by atoms with Crippen LogP contribution < -0.4 is 0 Å². The van der Waals surface area contributed by atoms with Gasteiger partial charge < -0.3 is 9.47 Å². The molecule has 5 heteroatoms. The van der Waals surface area contributed by atoms with Crippen molar-refractivity contribution in [2.24, 2.45) is 0 Å². The third kappa shape index (κ3) is 15.9. The maximum absolute atomic E-state index is 11.4. The first-order valence-electron chi connectivity index (χ1n) is 12.7. The molecule has 0 atom stereocenters. The number of ether oxygens (including phenoxy) is 2. The molecule has 0 radical (unpaired) electrons. The predicted octanol–water partition coefficient (Wildman–Crippen LogP) is 6.30. The molecule has 1 aromatic rings. The largest absolute Gasteiger partial charge is 0.466 e. The van der Waals surface area contributed by atoms with Gasteiger partial charge in [0.15, 0.2) is 0 Å². The minimum absolute atomic E-state index is 0.0672. The molecule has 0 aliphatic heterocycles. The van der Waals surface area contributed by atoms with E-state index >= 15 is 0 Å². The monoisotopic (exact) mass is 447 g/mol. The van der Waals surface area contributed by atoms with Crippen LogP contribution in [-0.4, -0.2) is 43.1 Å². The average Bonchev–Trinajstić information content (AvgIpc) is 2.78. The average molecular weight is 448 g/mol. The summed E-state index contributed by atoms with van der Waals surface area (Å²) in [6, 6.07) is 10.7. The summed E-state index contributed by atoms with van der Waals surface area (Å²) in [7, 11) is 0. The third-order valence-electron chi connectivity index (χ3n) is 5.57. The van der Waals surface area contributed by atoms with Gasteiger partial charge in [-0.2, -0.15) is 0 Å². The van der Waals surface area contributed by atoms with Crippen LogP contribution in [-0.2, 0) is 25.6 Å². The van der Waals surface area contributed by atoms with Gasteiger partial charge in [-0.05, 0) is 58.2 Å². The molecule has 0 aliphatic carbocycles. The number of rotatable bonds is 20. The van der Waals surface area contributed by atoms with Crippen LogP contribution in [0.4, 0.5) is 0 Å². The van der Waals surface area contributed by atoms with E-state index in [0.717, 1.165) is 45.3 Å². The highest BCUT2D eigenvalue weighted by atomic mass is 16.5. The van der Waals surface area contributed by atoms with Gasteiger partial charge in [-0.3, -0.25) is 14.5 Å². The Morgan fingerprint density at radius 3 is 1.56 bits per heavy atom. The number of hydrogen-bond donors (Lipinski definition) is 0. The van der Waals surface area contributed by atoms with Crippen LogP contribution in [0.3, 0.4) is 0 Å². The molecular weight excluding hydrogens is 402 g/mol. The Kier molecular flexibility index (Phi) is 17.4. The van der Waals surface area contributed by atoms with Crippen molar-refractivity contribution in [1.29, 1.82) is 0 Å². The summed E-state index contributed by atoms with van der Waals surface area (Å²) in [4.78, 5) is 25.3. The molecule has 0 aromatic heterocycles. The molecular formula is C27H45NO4. The molecule has 0 unspecified atom stereocenters. The molecule has 0 aliphatic rings. The van der Waals surface area contributed by atoms with Gasteiger partial charge in [0.25, 0.3) is 0 Å². The molecule has 1 aromatic carbocycles. The van der Waals surface area contributed by atoms with Gasteiger partial charge in [-0.1, -0.05) is 68.9 Å². The topological polar surface area (TPSA) is 55.8 Å². The lowest BCUT2D eigenvalue weighted by molar-refractivity contribution is -0.144. The van der Waals surface area contributed by atoms with Crippen molar-refractivity contribution in [2.75, 3.05) is 26.3 Å². The van der Waals surface area contributed by atoms with Crippen molar-refractivity contribution in [3.63, 3.8) is 0 Å². The highest BCUT2D eigenvalue weighted by Gasteiger charge is 2.07. The Labute approximate surface area is 195 Å². The summed E-state index contributed by atoms with van der Waals surface area (Å²) in [6.07, 6.45) is 12.3. The molecule has 0 bridgehead atoms. The number of hydrogen-bond acceptors (Lipinski definition) is 5. The van der Waals surface area contributed by atoms with Crippen LogP contribution in [0.5, 0.6) is 0 Å². The fourth-order valence-corrected chi connectivity index (χ4v) is 3.85. The molecule has 0 amide bonds. The van der Waals surface area contributed by atoms with Gasteiger partial charge >= 0.3 is 11.9 Å². The Hall–Kier alpha value is -1.88. The van der Waals surface area contributed by atoms with E-state index < -0.39 is 0 Å². The maximum atomic E-state index is 11.4. The van der Waals surface area contributed by atoms with E-state index in [4.69, 9.17) is 9.47 Å². The second kappa shape index (κ2) is 19.8. The second-order valence-electron chi connectivity index (χ2n) is 8.41. The summed E-state index contributed by atoms with van der Waals surface area (Å²) in [6.45, 7) is 7.90. The van der Waals surface area contributed by atoms with Gasteiger partial charge in [0.05, 0.1) is 13.2 Å². The number of esters is 2. The van der Waals surface area contributed by atoms with Crippen LogP contribution in [0, 0.1) is 0 Å². The van der Waals surface area contributed by atoms with Crippen molar-refractivity contribution >= 4 is 11.9 Å². The van der Waals surface area contributed by atoms with E-state index in [2.05, 4.69) is 35.2 Å². The zero-order valence-corrected chi connectivity index (χ0v) is 20.5. The zero-order valence-electron chi connectivity index (χ0n) is 20.5. The van der Waals surface area contributed by atoms with Crippen LogP contribution in [0.1, 0.15) is 96.5 Å². The number of unbranched alkanes of at least 4 members (excludes halogenated alkanes) is 8. The molecule has 0 N–H and O–H groups in total. The third-order valence-corrected chi connectivity index (χ3v) is 5.57. The van der Waals surface area contributed by atoms with Gasteiger partial charge in [-0.15, -0.1) is 0 Å². The minimum Gasteiger partial charge on any atom is -0.466 e. The molecule has 1 rings (SSSR count). The molecule has 5 nitrogen and oxygen atoms in total. The van der Waals surface area contributed by atoms with Crippen molar-refractivity contribution in [3.8, 4) is 0 Å². The van der Waals surface area contributed by atoms with Crippen molar-refractivity contribution in [3.05, 3.63) is 35.9 Å². The predicted molar refractivity (Wildman–Crippen MR) is 130 cm³/mol. The zero-order chi connectivity index (χ0) is 23.3. The summed E-state index contributed by atoms with van der Waals surface area (Å²) in [5.74, 6) is -0.134. The van der Waals surface area contributed by atoms with Crippen LogP contribution in [0.15, 0.2) is 30.3 Å². The minimum atomic E-state index is -0.0672. The molecule has 182 valence electrons. The summed E-state index contributed by atoms with van der Waals surface area (Å²) in [5, 5.41) is 0. The Morgan fingerprint density at radius 1 is 0.656 bits per heavy atom. The van der Waals surface area contributed by atoms with Crippen molar-refractivity contribution in [1.82, 2.24) is 4.90 Å². The summed E-state index contributed by atoms with van der Waals surface area (Å²) < 4.78 is 9.96. The molecule has 0 spiro atoms. The smallest absolute Gasteiger partial charge is 0.305 e. The standard InChI is InChI=1S/C27H45NO4/c1-3-31-26(29)20-14-7-5-9-16-22-28(24-25-18-12-11-13-19-25)23-17-10-6-8-15-21-27(30)32-4-2/h11-13,18-19H,3-10,14-17,20-24H2,1-2H3. The van der Waals surface area contributed by atoms with E-state index in [-0.39, 0.29) is 11.9 Å². The normalized spacial score (nSPS) is 11.0. The lowest BCUT2D eigenvalue weighted by Crippen LogP contribution is -2.25. The highest BCUT2D eigenvalue weighted by Crippen LogP contribution is 2.12. The maximum Gasteiger partial charge on any atom is 0.305 e. The van der Waals surface area contributed by atoms with E-state index in [1.807, 2.05) is 13.8 Å². The number of benzene rings is 1. The Balaban J connectivity index is 2.20. The summed E-state index contributed by atoms with van der Waals surface area (Å²) >= 11 is 0. The van der Waals surface area contributed by atoms with Gasteiger partial charge in [0.2, 0.25) is 0 Å². The quantitative estimate of drug-likeness (QED) is 0.173. The second-order valence-corrected chi connectivity index (χ2v) is 8.41. The lowest BCUT2D eigenvalue weighted by atomic mass is 10.1. The van der Waals surface area contributed by atoms with Gasteiger partial charge in [0.1, 0.15) is 0 Å². The fraction of sp³-hybridized carbons (Fsp3) is 0.704. The Bertz CT molecular complexity index is 559. The van der Waals surface area contributed by atoms with E-state index in [1.165, 1.54) is 44.1 Å². The molecule has 0 heterocycles. The lowest BCUT2D eigenvalue weighted by Gasteiger charge is -2.22. The first-order valence-corrected chi connectivity index (χ1v) is 12.7. The van der Waals surface area contributed by atoms with Crippen molar-refractivity contribution < 1.29 is 19.1 Å². The van der Waals surface area contributed by atoms with E-state index in [0.29, 0.717) is 26.1 Å². The molecule has 0 fully saturated rings. The number of nitrogens with zero attached hydrogens (tertiary/aromatic N) is 1. The number of carbonyl (C=O) groups excluding carboxylic acids is 2. The number of carbonyl (C=O) groups is 2. The Morgan fingerprint density at radius 2 is 1.09 bits per heavy atom. The molecule has 32 heavy (non-hydrogen) atoms. The molecule has 0 saturated carbocycles. The highest BCUT2D eigenvalue weighted by molar-refractivity contribution is 5.69. The summed E-state index contributed by atoms with van der Waals surface area (Å²) in [5.41, 5.74) is 1.37. The van der Waals surface area contributed by atoms with Gasteiger partial charge in [0, 0.05) is 19.4 Å².